The highest BCUT2D eigenvalue weighted by atomic mass is 32.2. The summed E-state index contributed by atoms with van der Waals surface area (Å²) in [6.07, 6.45) is -10.7. The van der Waals surface area contributed by atoms with Crippen molar-refractivity contribution in [3.8, 4) is 5.75 Å². The van der Waals surface area contributed by atoms with Gasteiger partial charge in [-0.2, -0.15) is 47.9 Å². The zero-order valence-corrected chi connectivity index (χ0v) is 27.1. The maximum absolute atomic E-state index is 13.7. The first-order chi connectivity index (χ1) is 22.7. The van der Waals surface area contributed by atoms with Gasteiger partial charge in [-0.3, -0.25) is 14.6 Å². The first-order valence-corrected chi connectivity index (χ1v) is 16.3. The number of ether oxygens (including phenoxy) is 2. The van der Waals surface area contributed by atoms with E-state index in [-0.39, 0.29) is 49.4 Å². The van der Waals surface area contributed by atoms with E-state index in [4.69, 9.17) is 9.47 Å². The van der Waals surface area contributed by atoms with Gasteiger partial charge >= 0.3 is 28.0 Å². The van der Waals surface area contributed by atoms with Crippen LogP contribution in [0.1, 0.15) is 32.6 Å². The van der Waals surface area contributed by atoms with Gasteiger partial charge in [0.1, 0.15) is 5.75 Å². The predicted molar refractivity (Wildman–Crippen MR) is 156 cm³/mol. The summed E-state index contributed by atoms with van der Waals surface area (Å²) in [4.78, 5) is 18.9. The number of carbonyl (C=O) groups excluding carboxylic acids is 1. The highest BCUT2D eigenvalue weighted by Gasteiger charge is 2.49. The summed E-state index contributed by atoms with van der Waals surface area (Å²) in [6.45, 7) is 4.60. The van der Waals surface area contributed by atoms with E-state index in [1.165, 1.54) is 19.1 Å². The third-order valence-electron chi connectivity index (χ3n) is 8.18. The molecule has 2 fully saturated rings. The molecule has 19 heteroatoms. The van der Waals surface area contributed by atoms with Crippen LogP contribution in [-0.2, 0) is 38.4 Å². The topological polar surface area (TPSA) is 88.6 Å². The molecule has 2 aliphatic heterocycles. The second-order valence-corrected chi connectivity index (χ2v) is 13.3. The van der Waals surface area contributed by atoms with Gasteiger partial charge in [-0.25, -0.2) is 0 Å². The van der Waals surface area contributed by atoms with E-state index in [1.54, 1.807) is 7.11 Å². The SMILES string of the molecule is COC[C@@H]1CN(CCN2CCN(C(=O)c3cc(C(F)(F)F)cc(C(F)(F)F)c3)[C@H](Cc3ccc(C)c(OS(=O)(=O)C(F)(F)F)c3)C2)CCO1. The largest absolute Gasteiger partial charge is 0.534 e. The lowest BCUT2D eigenvalue weighted by Gasteiger charge is -2.43. The number of benzene rings is 2. The molecule has 2 heterocycles. The Kier molecular flexibility index (Phi) is 11.8. The van der Waals surface area contributed by atoms with E-state index in [1.807, 2.05) is 4.90 Å². The average molecular weight is 736 g/mol. The van der Waals surface area contributed by atoms with Gasteiger partial charge in [0.05, 0.1) is 30.4 Å². The molecular weight excluding hydrogens is 701 g/mol. The Balaban J connectivity index is 1.63. The smallest absolute Gasteiger partial charge is 0.382 e. The monoisotopic (exact) mass is 735 g/mol. The van der Waals surface area contributed by atoms with Gasteiger partial charge in [-0.05, 0) is 48.7 Å². The number of hydrogen-bond acceptors (Lipinski definition) is 8. The maximum atomic E-state index is 13.7. The molecular formula is C30H34F9N3O6S. The van der Waals surface area contributed by atoms with E-state index in [2.05, 4.69) is 9.08 Å². The van der Waals surface area contributed by atoms with E-state index in [0.29, 0.717) is 51.5 Å². The third-order valence-corrected chi connectivity index (χ3v) is 9.14. The Labute approximate surface area is 276 Å². The lowest BCUT2D eigenvalue weighted by molar-refractivity contribution is -0.143. The fourth-order valence-electron chi connectivity index (χ4n) is 5.66. The number of carbonyl (C=O) groups is 1. The highest BCUT2D eigenvalue weighted by Crippen LogP contribution is 2.37. The van der Waals surface area contributed by atoms with Gasteiger partial charge in [0.15, 0.2) is 0 Å². The quantitative estimate of drug-likeness (QED) is 0.192. The molecule has 1 amide bonds. The van der Waals surface area contributed by atoms with Crippen molar-refractivity contribution in [1.82, 2.24) is 14.7 Å². The minimum atomic E-state index is -6.03. The van der Waals surface area contributed by atoms with Crippen molar-refractivity contribution >= 4 is 16.0 Å². The van der Waals surface area contributed by atoms with Gasteiger partial charge in [-0.15, -0.1) is 0 Å². The Hall–Kier alpha value is -3.13. The molecule has 274 valence electrons. The van der Waals surface area contributed by atoms with E-state index < -0.39 is 62.4 Å². The van der Waals surface area contributed by atoms with Crippen LogP contribution in [0.15, 0.2) is 36.4 Å². The second-order valence-electron chi connectivity index (χ2n) is 11.8. The fourth-order valence-corrected chi connectivity index (χ4v) is 6.17. The molecule has 2 aromatic rings. The summed E-state index contributed by atoms with van der Waals surface area (Å²) in [5.41, 5.74) is -9.64. The van der Waals surface area contributed by atoms with Crippen LogP contribution in [0.25, 0.3) is 0 Å². The number of halogens is 9. The number of alkyl halides is 9. The number of rotatable bonds is 10. The third kappa shape index (κ3) is 9.99. The van der Waals surface area contributed by atoms with Crippen molar-refractivity contribution in [3.63, 3.8) is 0 Å². The van der Waals surface area contributed by atoms with Gasteiger partial charge in [0.2, 0.25) is 0 Å². The van der Waals surface area contributed by atoms with Gasteiger partial charge in [-0.1, -0.05) is 12.1 Å². The number of amides is 1. The van der Waals surface area contributed by atoms with E-state index >= 15 is 0 Å². The normalized spacial score (nSPS) is 20.4. The summed E-state index contributed by atoms with van der Waals surface area (Å²) in [6, 6.07) is 3.48. The fraction of sp³-hybridized carbons (Fsp3) is 0.567. The molecule has 0 saturated carbocycles. The van der Waals surface area contributed by atoms with Crippen LogP contribution in [0.4, 0.5) is 39.5 Å². The number of aryl methyl sites for hydroxylation is 1. The Morgan fingerprint density at radius 3 is 2.06 bits per heavy atom. The van der Waals surface area contributed by atoms with Crippen LogP contribution in [-0.4, -0.2) is 113 Å². The molecule has 2 aliphatic rings. The van der Waals surface area contributed by atoms with Crippen molar-refractivity contribution in [2.75, 3.05) is 66.1 Å². The molecule has 0 aromatic heterocycles. The van der Waals surface area contributed by atoms with Crippen LogP contribution in [0.3, 0.4) is 0 Å². The van der Waals surface area contributed by atoms with E-state index in [0.717, 1.165) is 11.0 Å². The first kappa shape index (κ1) is 38.7. The molecule has 0 radical (unpaired) electrons. The lowest BCUT2D eigenvalue weighted by atomic mass is 9.98. The molecule has 49 heavy (non-hydrogen) atoms. The van der Waals surface area contributed by atoms with Crippen molar-refractivity contribution < 1.29 is 66.4 Å². The van der Waals surface area contributed by atoms with Crippen molar-refractivity contribution in [2.45, 2.75) is 43.4 Å². The number of hydrogen-bond donors (Lipinski definition) is 0. The van der Waals surface area contributed by atoms with Crippen LogP contribution in [0, 0.1) is 6.92 Å². The molecule has 0 aliphatic carbocycles. The Bertz CT molecular complexity index is 1550. The van der Waals surface area contributed by atoms with Gasteiger partial charge in [0.25, 0.3) is 5.91 Å². The number of methoxy groups -OCH3 is 1. The molecule has 2 aromatic carbocycles. The zero-order chi connectivity index (χ0) is 36.4. The molecule has 2 atom stereocenters. The maximum Gasteiger partial charge on any atom is 0.534 e. The average Bonchev–Trinajstić information content (AvgIpc) is 3.00. The van der Waals surface area contributed by atoms with Crippen LogP contribution in [0.5, 0.6) is 5.75 Å². The summed E-state index contributed by atoms with van der Waals surface area (Å²) in [7, 11) is -4.48. The lowest BCUT2D eigenvalue weighted by Crippen LogP contribution is -2.57. The first-order valence-electron chi connectivity index (χ1n) is 14.9. The van der Waals surface area contributed by atoms with Crippen molar-refractivity contribution in [3.05, 3.63) is 64.2 Å². The number of piperazine rings is 1. The Morgan fingerprint density at radius 1 is 0.878 bits per heavy atom. The minimum Gasteiger partial charge on any atom is -0.382 e. The van der Waals surface area contributed by atoms with Crippen molar-refractivity contribution in [2.24, 2.45) is 0 Å². The van der Waals surface area contributed by atoms with Crippen LogP contribution < -0.4 is 4.18 Å². The molecule has 0 N–H and O–H groups in total. The number of morpholine rings is 1. The van der Waals surface area contributed by atoms with Crippen LogP contribution in [0.2, 0.25) is 0 Å². The van der Waals surface area contributed by atoms with Crippen molar-refractivity contribution in [1.29, 1.82) is 0 Å². The molecule has 0 spiro atoms. The number of nitrogens with zero attached hydrogens (tertiary/aromatic N) is 3. The van der Waals surface area contributed by atoms with Gasteiger partial charge in [0, 0.05) is 64.5 Å². The predicted octanol–water partition coefficient (Wildman–Crippen LogP) is 4.98. The second kappa shape index (κ2) is 15.0. The zero-order valence-electron chi connectivity index (χ0n) is 26.3. The molecule has 0 bridgehead atoms. The highest BCUT2D eigenvalue weighted by molar-refractivity contribution is 7.88. The summed E-state index contributed by atoms with van der Waals surface area (Å²) >= 11 is 0. The van der Waals surface area contributed by atoms with E-state index in [9.17, 15) is 52.7 Å². The summed E-state index contributed by atoms with van der Waals surface area (Å²) in [5, 5.41) is 0. The molecule has 2 saturated heterocycles. The Morgan fingerprint density at radius 2 is 1.49 bits per heavy atom. The van der Waals surface area contributed by atoms with Crippen LogP contribution >= 0.6 is 0 Å². The molecule has 0 unspecified atom stereocenters. The summed E-state index contributed by atoms with van der Waals surface area (Å²) < 4.78 is 159. The minimum absolute atomic E-state index is 0.0377. The molecule has 9 nitrogen and oxygen atoms in total. The standard InChI is InChI=1S/C30H34F9N3O6S/c1-19-3-4-20(12-26(19)48-49(44,45)30(37,38)39)11-24-16-40(5-6-41-9-10-47-25(17-41)18-46-2)7-8-42(24)27(43)21-13-22(28(31,32)33)15-23(14-21)29(34,35)36/h3-4,12-15,24-25H,5-11,16-18H2,1-2H3/t24-,25+/m1/s1. The molecule has 4 rings (SSSR count). The van der Waals surface area contributed by atoms with Gasteiger partial charge < -0.3 is 18.6 Å². The summed E-state index contributed by atoms with van der Waals surface area (Å²) in [5.74, 6) is -1.74.